The zero-order valence-electron chi connectivity index (χ0n) is 15.7. The van der Waals surface area contributed by atoms with E-state index in [1.165, 1.54) is 0 Å². The van der Waals surface area contributed by atoms with Crippen molar-refractivity contribution in [3.8, 4) is 5.75 Å². The van der Waals surface area contributed by atoms with Gasteiger partial charge in [0.1, 0.15) is 24.2 Å². The van der Waals surface area contributed by atoms with Crippen molar-refractivity contribution in [2.75, 3.05) is 5.32 Å². The summed E-state index contributed by atoms with van der Waals surface area (Å²) in [7, 11) is 0. The molecular formula is C23H16BrN5O. The average Bonchev–Trinajstić information content (AvgIpc) is 3.27. The third-order valence-corrected chi connectivity index (χ3v) is 6.04. The number of hydrogen-bond acceptors (Lipinski definition) is 5. The van der Waals surface area contributed by atoms with Crippen molar-refractivity contribution in [2.45, 2.75) is 12.1 Å². The Labute approximate surface area is 181 Å². The molecule has 146 valence electrons. The lowest BCUT2D eigenvalue weighted by atomic mass is 9.85. The predicted molar refractivity (Wildman–Crippen MR) is 117 cm³/mol. The molecule has 7 heteroatoms. The quantitative estimate of drug-likeness (QED) is 0.458. The van der Waals surface area contributed by atoms with Gasteiger partial charge in [0, 0.05) is 28.0 Å². The summed E-state index contributed by atoms with van der Waals surface area (Å²) >= 11 is 3.54. The van der Waals surface area contributed by atoms with E-state index in [-0.39, 0.29) is 12.1 Å². The number of benzene rings is 2. The number of halogens is 1. The molecule has 4 aromatic rings. The first-order valence-corrected chi connectivity index (χ1v) is 10.4. The fourth-order valence-corrected chi connectivity index (χ4v) is 4.46. The van der Waals surface area contributed by atoms with Crippen molar-refractivity contribution in [3.63, 3.8) is 0 Å². The number of nitrogens with zero attached hydrogens (tertiary/aromatic N) is 4. The van der Waals surface area contributed by atoms with Crippen LogP contribution in [0.2, 0.25) is 0 Å². The normalized spacial score (nSPS) is 19.2. The van der Waals surface area contributed by atoms with Crippen LogP contribution in [0.5, 0.6) is 5.75 Å². The summed E-state index contributed by atoms with van der Waals surface area (Å²) < 4.78 is 9.51. The summed E-state index contributed by atoms with van der Waals surface area (Å²) in [5.41, 5.74) is 5.29. The zero-order chi connectivity index (χ0) is 20.1. The zero-order valence-corrected chi connectivity index (χ0v) is 17.3. The molecule has 0 saturated heterocycles. The first-order valence-electron chi connectivity index (χ1n) is 9.61. The second-order valence-electron chi connectivity index (χ2n) is 7.21. The first kappa shape index (κ1) is 17.4. The van der Waals surface area contributed by atoms with Crippen molar-refractivity contribution < 1.29 is 4.74 Å². The molecule has 2 aromatic heterocycles. The summed E-state index contributed by atoms with van der Waals surface area (Å²) in [6.07, 6.45) is 4.90. The van der Waals surface area contributed by atoms with Gasteiger partial charge in [-0.3, -0.25) is 4.98 Å². The van der Waals surface area contributed by atoms with Crippen molar-refractivity contribution in [3.05, 3.63) is 106 Å². The molecule has 0 amide bonds. The number of fused-ring (bicyclic) bond motifs is 3. The van der Waals surface area contributed by atoms with E-state index in [4.69, 9.17) is 4.74 Å². The van der Waals surface area contributed by atoms with Crippen LogP contribution in [0.4, 0.5) is 5.95 Å². The lowest BCUT2D eigenvalue weighted by Crippen LogP contribution is -2.32. The third-order valence-electron chi connectivity index (χ3n) is 5.52. The molecule has 0 bridgehead atoms. The van der Waals surface area contributed by atoms with Gasteiger partial charge in [-0.15, -0.1) is 0 Å². The highest BCUT2D eigenvalue weighted by Crippen LogP contribution is 2.50. The van der Waals surface area contributed by atoms with Crippen LogP contribution in [-0.4, -0.2) is 19.7 Å². The van der Waals surface area contributed by atoms with Gasteiger partial charge in [-0.2, -0.15) is 10.1 Å². The van der Waals surface area contributed by atoms with E-state index in [9.17, 15) is 0 Å². The molecule has 0 unspecified atom stereocenters. The van der Waals surface area contributed by atoms with Crippen LogP contribution in [0.3, 0.4) is 0 Å². The highest BCUT2D eigenvalue weighted by molar-refractivity contribution is 9.10. The van der Waals surface area contributed by atoms with E-state index in [2.05, 4.69) is 54.5 Å². The van der Waals surface area contributed by atoms with Gasteiger partial charge in [-0.25, -0.2) is 4.68 Å². The summed E-state index contributed by atoms with van der Waals surface area (Å²) in [5.74, 6) is 1.56. The molecule has 0 saturated carbocycles. The number of para-hydroxylation sites is 1. The van der Waals surface area contributed by atoms with Crippen molar-refractivity contribution in [1.82, 2.24) is 19.7 Å². The van der Waals surface area contributed by atoms with Crippen molar-refractivity contribution >= 4 is 27.6 Å². The van der Waals surface area contributed by atoms with Crippen LogP contribution in [0, 0.1) is 0 Å². The highest BCUT2D eigenvalue weighted by Gasteiger charge is 2.40. The van der Waals surface area contributed by atoms with Crippen molar-refractivity contribution in [2.24, 2.45) is 0 Å². The Morgan fingerprint density at radius 3 is 2.57 bits per heavy atom. The number of hydrogen-bond donors (Lipinski definition) is 1. The summed E-state index contributed by atoms with van der Waals surface area (Å²) in [6, 6.07) is 20.3. The van der Waals surface area contributed by atoms with Crippen LogP contribution in [0.15, 0.2) is 89.4 Å². The van der Waals surface area contributed by atoms with E-state index in [1.807, 2.05) is 47.1 Å². The van der Waals surface area contributed by atoms with E-state index in [0.29, 0.717) is 5.95 Å². The standard InChI is InChI=1S/C23H16BrN5O/c24-16-7-5-14(6-8-16)21-19-20(28-23-26-13-27-29(21)23)17-3-1-2-4-18(17)30-22(19)15-9-11-25-12-10-15/h1-13,21-22H,(H,26,27,28)/t21-,22-/m1/s1. The van der Waals surface area contributed by atoms with E-state index < -0.39 is 0 Å². The van der Waals surface area contributed by atoms with Crippen LogP contribution in [0.1, 0.15) is 28.8 Å². The summed E-state index contributed by atoms with van der Waals surface area (Å²) in [5, 5.41) is 8.05. The maximum atomic E-state index is 6.56. The van der Waals surface area contributed by atoms with E-state index in [0.717, 1.165) is 38.2 Å². The molecule has 1 N–H and O–H groups in total. The maximum Gasteiger partial charge on any atom is 0.226 e. The van der Waals surface area contributed by atoms with Crippen LogP contribution in [0.25, 0.3) is 5.70 Å². The number of rotatable bonds is 2. The summed E-state index contributed by atoms with van der Waals surface area (Å²) in [6.45, 7) is 0. The fourth-order valence-electron chi connectivity index (χ4n) is 4.20. The maximum absolute atomic E-state index is 6.56. The van der Waals surface area contributed by atoms with Gasteiger partial charge in [0.2, 0.25) is 5.95 Å². The van der Waals surface area contributed by atoms with Gasteiger partial charge in [0.15, 0.2) is 0 Å². The molecule has 0 spiro atoms. The second kappa shape index (κ2) is 6.81. The predicted octanol–water partition coefficient (Wildman–Crippen LogP) is 5.00. The first-order chi connectivity index (χ1) is 14.8. The lowest BCUT2D eigenvalue weighted by Gasteiger charge is -2.38. The molecule has 6 rings (SSSR count). The fraction of sp³-hybridized carbons (Fsp3) is 0.0870. The van der Waals surface area contributed by atoms with Gasteiger partial charge < -0.3 is 10.1 Å². The molecule has 30 heavy (non-hydrogen) atoms. The van der Waals surface area contributed by atoms with Crippen molar-refractivity contribution in [1.29, 1.82) is 0 Å². The van der Waals surface area contributed by atoms with Gasteiger partial charge in [-0.1, -0.05) is 40.2 Å². The van der Waals surface area contributed by atoms with E-state index in [1.54, 1.807) is 18.7 Å². The van der Waals surface area contributed by atoms with Gasteiger partial charge in [-0.05, 0) is 47.5 Å². The molecule has 0 aliphatic carbocycles. The number of nitrogens with one attached hydrogen (secondary N) is 1. The Morgan fingerprint density at radius 1 is 0.933 bits per heavy atom. The minimum Gasteiger partial charge on any atom is -0.480 e. The number of anilines is 1. The van der Waals surface area contributed by atoms with Crippen LogP contribution in [-0.2, 0) is 0 Å². The SMILES string of the molecule is Brc1ccc([C@@H]2C3=C(Nc4ncnn42)c2ccccc2O[C@@H]3c2ccncc2)cc1. The monoisotopic (exact) mass is 457 g/mol. The van der Waals surface area contributed by atoms with Gasteiger partial charge >= 0.3 is 0 Å². The number of ether oxygens (including phenoxy) is 1. The van der Waals surface area contributed by atoms with E-state index >= 15 is 0 Å². The van der Waals surface area contributed by atoms with Gasteiger partial charge in [0.05, 0.1) is 5.70 Å². The number of pyridine rings is 1. The molecular weight excluding hydrogens is 442 g/mol. The second-order valence-corrected chi connectivity index (χ2v) is 8.13. The Balaban J connectivity index is 1.63. The van der Waals surface area contributed by atoms with Gasteiger partial charge in [0.25, 0.3) is 0 Å². The molecule has 2 atom stereocenters. The lowest BCUT2D eigenvalue weighted by molar-refractivity contribution is 0.223. The molecule has 2 aliphatic heterocycles. The smallest absolute Gasteiger partial charge is 0.226 e. The number of aromatic nitrogens is 4. The third kappa shape index (κ3) is 2.66. The summed E-state index contributed by atoms with van der Waals surface area (Å²) in [4.78, 5) is 8.64. The minimum atomic E-state index is -0.281. The molecule has 4 heterocycles. The molecule has 6 nitrogen and oxygen atoms in total. The largest absolute Gasteiger partial charge is 0.480 e. The average molecular weight is 458 g/mol. The Kier molecular flexibility index (Phi) is 3.95. The molecule has 0 fully saturated rings. The van der Waals surface area contributed by atoms with Crippen LogP contribution >= 0.6 is 15.9 Å². The molecule has 2 aromatic carbocycles. The Hall–Kier alpha value is -3.45. The van der Waals surface area contributed by atoms with Crippen LogP contribution < -0.4 is 10.1 Å². The topological polar surface area (TPSA) is 64.9 Å². The molecule has 0 radical (unpaired) electrons. The minimum absolute atomic E-state index is 0.154. The highest BCUT2D eigenvalue weighted by atomic mass is 79.9. The Morgan fingerprint density at radius 2 is 1.73 bits per heavy atom. The molecule has 2 aliphatic rings. The Bertz CT molecular complexity index is 1270.